The normalized spacial score (nSPS) is 31.6. The molecule has 15 heteroatoms. The molecule has 0 spiro atoms. The molecule has 0 radical (unpaired) electrons. The van der Waals surface area contributed by atoms with E-state index in [0.29, 0.717) is 5.56 Å². The molecule has 228 valence electrons. The zero-order valence-electron chi connectivity index (χ0n) is 22.0. The molecule has 2 saturated heterocycles. The van der Waals surface area contributed by atoms with Gasteiger partial charge < -0.3 is 69.0 Å². The number of hydrogen-bond acceptors (Lipinski definition) is 15. The molecule has 3 aromatic rings. The lowest BCUT2D eigenvalue weighted by molar-refractivity contribution is -0.307. The SMILES string of the molecule is COc1cc2oc(-c3ccc(O)cc3)cc(=O)c2c(O)c1O[C@H]1O[C@H](CO[C@H]2OC[C@H](O)[C@@H](O)[C@H]2O)[C@H](O)[C@@H](O)[C@H]1O. The summed E-state index contributed by atoms with van der Waals surface area (Å²) in [7, 11) is 1.24. The zero-order valence-corrected chi connectivity index (χ0v) is 22.0. The summed E-state index contributed by atoms with van der Waals surface area (Å²) in [4.78, 5) is 13.0. The number of aliphatic hydroxyl groups excluding tert-OH is 6. The monoisotopic (exact) mass is 594 g/mol. The number of hydrogen-bond donors (Lipinski definition) is 8. The van der Waals surface area contributed by atoms with E-state index in [9.17, 15) is 45.6 Å². The van der Waals surface area contributed by atoms with Gasteiger partial charge in [0.15, 0.2) is 23.2 Å². The minimum atomic E-state index is -1.85. The van der Waals surface area contributed by atoms with Gasteiger partial charge in [0.05, 0.1) is 20.3 Å². The first kappa shape index (κ1) is 30.0. The quantitative estimate of drug-likeness (QED) is 0.156. The van der Waals surface area contributed by atoms with Crippen LogP contribution in [-0.2, 0) is 14.2 Å². The predicted molar refractivity (Wildman–Crippen MR) is 139 cm³/mol. The van der Waals surface area contributed by atoms with Gasteiger partial charge in [-0.1, -0.05) is 0 Å². The van der Waals surface area contributed by atoms with Gasteiger partial charge in [0, 0.05) is 17.7 Å². The van der Waals surface area contributed by atoms with Crippen LogP contribution in [0.15, 0.2) is 45.6 Å². The summed E-state index contributed by atoms with van der Waals surface area (Å²) < 4.78 is 32.9. The molecule has 9 atom stereocenters. The minimum Gasteiger partial charge on any atom is -0.508 e. The molecule has 1 aromatic heterocycles. The Kier molecular flexibility index (Phi) is 8.56. The summed E-state index contributed by atoms with van der Waals surface area (Å²) in [6.07, 6.45) is -14.4. The molecule has 8 N–H and O–H groups in total. The van der Waals surface area contributed by atoms with Gasteiger partial charge in [-0.2, -0.15) is 0 Å². The third-order valence-electron chi connectivity index (χ3n) is 7.07. The van der Waals surface area contributed by atoms with Crippen LogP contribution in [0.4, 0.5) is 0 Å². The number of fused-ring (bicyclic) bond motifs is 1. The first-order valence-electron chi connectivity index (χ1n) is 12.8. The largest absolute Gasteiger partial charge is 0.508 e. The third-order valence-corrected chi connectivity index (χ3v) is 7.07. The number of aliphatic hydroxyl groups is 6. The van der Waals surface area contributed by atoms with Crippen molar-refractivity contribution in [1.82, 2.24) is 0 Å². The highest BCUT2D eigenvalue weighted by atomic mass is 16.7. The Morgan fingerprint density at radius 2 is 1.57 bits per heavy atom. The summed E-state index contributed by atoms with van der Waals surface area (Å²) >= 11 is 0. The van der Waals surface area contributed by atoms with Gasteiger partial charge in [0.1, 0.15) is 65.2 Å². The van der Waals surface area contributed by atoms with Crippen LogP contribution in [0.1, 0.15) is 0 Å². The molecule has 42 heavy (non-hydrogen) atoms. The molecular weight excluding hydrogens is 564 g/mol. The van der Waals surface area contributed by atoms with Gasteiger partial charge in [-0.25, -0.2) is 0 Å². The van der Waals surface area contributed by atoms with Gasteiger partial charge in [0.2, 0.25) is 12.0 Å². The van der Waals surface area contributed by atoms with E-state index in [4.69, 9.17) is 28.1 Å². The molecule has 15 nitrogen and oxygen atoms in total. The second-order valence-electron chi connectivity index (χ2n) is 9.87. The Morgan fingerprint density at radius 1 is 0.881 bits per heavy atom. The first-order chi connectivity index (χ1) is 20.0. The maximum absolute atomic E-state index is 13.0. The van der Waals surface area contributed by atoms with Crippen LogP contribution in [0, 0.1) is 0 Å². The van der Waals surface area contributed by atoms with Gasteiger partial charge >= 0.3 is 0 Å². The Bertz CT molecular complexity index is 1460. The summed E-state index contributed by atoms with van der Waals surface area (Å²) in [5.74, 6) is -1.14. The molecule has 2 aliphatic heterocycles. The Morgan fingerprint density at radius 3 is 2.26 bits per heavy atom. The van der Waals surface area contributed by atoms with Crippen LogP contribution in [0.2, 0.25) is 0 Å². The lowest BCUT2D eigenvalue weighted by Crippen LogP contribution is -2.61. The fourth-order valence-corrected chi connectivity index (χ4v) is 4.68. The average Bonchev–Trinajstić information content (AvgIpc) is 2.97. The fourth-order valence-electron chi connectivity index (χ4n) is 4.68. The summed E-state index contributed by atoms with van der Waals surface area (Å²) in [6, 6.07) is 8.27. The van der Waals surface area contributed by atoms with Crippen molar-refractivity contribution in [3.8, 4) is 34.3 Å². The van der Waals surface area contributed by atoms with Crippen LogP contribution in [0.5, 0.6) is 23.0 Å². The van der Waals surface area contributed by atoms with E-state index in [1.54, 1.807) is 0 Å². The van der Waals surface area contributed by atoms with Crippen molar-refractivity contribution in [3.63, 3.8) is 0 Å². The maximum Gasteiger partial charge on any atom is 0.229 e. The molecule has 2 aromatic carbocycles. The number of benzene rings is 2. The second kappa shape index (κ2) is 12.0. The van der Waals surface area contributed by atoms with Crippen LogP contribution < -0.4 is 14.9 Å². The smallest absolute Gasteiger partial charge is 0.229 e. The standard InChI is InChI=1S/C27H30O15/c1-37-16-7-15-18(12(29)6-14(40-15)10-2-4-11(28)5-3-10)21(33)25(16)42-27-24(36)22(34)20(32)17(41-27)9-39-26-23(35)19(31)13(30)8-38-26/h2-7,13,17,19-20,22-24,26-28,30-36H,8-9H2,1H3/t13-,17+,19+,20-,22+,23+,24+,26+,27+/m0/s1. The first-order valence-corrected chi connectivity index (χ1v) is 12.8. The number of aromatic hydroxyl groups is 2. The van der Waals surface area contributed by atoms with Gasteiger partial charge in [-0.3, -0.25) is 4.79 Å². The molecular formula is C27H30O15. The zero-order chi connectivity index (χ0) is 30.3. The Hall–Kier alpha value is -3.51. The molecule has 0 amide bonds. The van der Waals surface area contributed by atoms with E-state index in [2.05, 4.69) is 0 Å². The van der Waals surface area contributed by atoms with Crippen molar-refractivity contribution in [1.29, 1.82) is 0 Å². The average molecular weight is 595 g/mol. The minimum absolute atomic E-state index is 0.0140. The van der Waals surface area contributed by atoms with E-state index >= 15 is 0 Å². The van der Waals surface area contributed by atoms with E-state index in [1.807, 2.05) is 0 Å². The van der Waals surface area contributed by atoms with Crippen LogP contribution >= 0.6 is 0 Å². The van der Waals surface area contributed by atoms with Gasteiger partial charge in [-0.15, -0.1) is 0 Å². The molecule has 2 aliphatic rings. The maximum atomic E-state index is 13.0. The molecule has 0 saturated carbocycles. The fraction of sp³-hybridized carbons (Fsp3) is 0.444. The van der Waals surface area contributed by atoms with E-state index in [0.717, 1.165) is 6.07 Å². The van der Waals surface area contributed by atoms with Crippen molar-refractivity contribution in [2.75, 3.05) is 20.3 Å². The lowest BCUT2D eigenvalue weighted by atomic mass is 9.99. The van der Waals surface area contributed by atoms with Crippen LogP contribution in [-0.4, -0.2) is 116 Å². The highest BCUT2D eigenvalue weighted by molar-refractivity contribution is 5.89. The van der Waals surface area contributed by atoms with Crippen molar-refractivity contribution in [2.45, 2.75) is 55.3 Å². The van der Waals surface area contributed by atoms with E-state index < -0.39 is 78.8 Å². The molecule has 2 fully saturated rings. The Balaban J connectivity index is 1.40. The van der Waals surface area contributed by atoms with Gasteiger partial charge in [0.25, 0.3) is 0 Å². The van der Waals surface area contributed by atoms with Gasteiger partial charge in [-0.05, 0) is 24.3 Å². The lowest BCUT2D eigenvalue weighted by Gasteiger charge is -2.41. The van der Waals surface area contributed by atoms with Crippen LogP contribution in [0.25, 0.3) is 22.3 Å². The molecule has 0 bridgehead atoms. The highest BCUT2D eigenvalue weighted by Gasteiger charge is 2.47. The summed E-state index contributed by atoms with van der Waals surface area (Å²) in [5, 5.41) is 81.2. The van der Waals surface area contributed by atoms with E-state index in [-0.39, 0.29) is 34.8 Å². The predicted octanol–water partition coefficient (Wildman–Crippen LogP) is -1.48. The topological polar surface area (TPSA) is 238 Å². The number of phenolic OH excluding ortho intramolecular Hbond substituents is 2. The number of ether oxygens (including phenoxy) is 5. The second-order valence-corrected chi connectivity index (χ2v) is 9.87. The van der Waals surface area contributed by atoms with Crippen molar-refractivity contribution < 1.29 is 69.0 Å². The van der Waals surface area contributed by atoms with Crippen LogP contribution in [0.3, 0.4) is 0 Å². The van der Waals surface area contributed by atoms with Crippen molar-refractivity contribution in [3.05, 3.63) is 46.6 Å². The van der Waals surface area contributed by atoms with Crippen molar-refractivity contribution in [2.24, 2.45) is 0 Å². The number of methoxy groups -OCH3 is 1. The highest BCUT2D eigenvalue weighted by Crippen LogP contribution is 2.44. The summed E-state index contributed by atoms with van der Waals surface area (Å²) in [6.45, 7) is -0.866. The number of phenols is 2. The molecule has 5 rings (SSSR count). The molecule has 0 unspecified atom stereocenters. The molecule has 3 heterocycles. The number of rotatable bonds is 7. The third kappa shape index (κ3) is 5.61. The Labute approximate surface area is 236 Å². The van der Waals surface area contributed by atoms with Crippen molar-refractivity contribution >= 4 is 11.0 Å². The van der Waals surface area contributed by atoms with E-state index in [1.165, 1.54) is 37.4 Å². The molecule has 0 aliphatic carbocycles. The summed E-state index contributed by atoms with van der Waals surface area (Å²) in [5.41, 5.74) is -0.256.